The Balaban J connectivity index is 3.15. The van der Waals surface area contributed by atoms with Crippen molar-refractivity contribution in [2.75, 3.05) is 19.8 Å². The van der Waals surface area contributed by atoms with Crippen molar-refractivity contribution in [1.29, 1.82) is 0 Å². The lowest BCUT2D eigenvalue weighted by Gasteiger charge is -2.27. The maximum absolute atomic E-state index is 13.6. The molecule has 0 aliphatic carbocycles. The summed E-state index contributed by atoms with van der Waals surface area (Å²) in [5.74, 6) is -9.47. The van der Waals surface area contributed by atoms with Crippen LogP contribution in [0.15, 0.2) is 12.5 Å². The van der Waals surface area contributed by atoms with E-state index in [2.05, 4.69) is 41.9 Å². The van der Waals surface area contributed by atoms with Crippen LogP contribution in [0.25, 0.3) is 0 Å². The Bertz CT molecular complexity index is 1540. The van der Waals surface area contributed by atoms with Crippen LogP contribution in [0.4, 0.5) is 0 Å². The van der Waals surface area contributed by atoms with Gasteiger partial charge in [0.05, 0.1) is 25.6 Å². The van der Waals surface area contributed by atoms with E-state index < -0.39 is 115 Å². The first-order chi connectivity index (χ1) is 27.3. The lowest BCUT2D eigenvalue weighted by Crippen LogP contribution is -2.61. The van der Waals surface area contributed by atoms with E-state index in [0.29, 0.717) is 18.5 Å². The number of aromatic nitrogens is 2. The molecule has 1 aromatic rings. The zero-order valence-electron chi connectivity index (χ0n) is 32.4. The van der Waals surface area contributed by atoms with Gasteiger partial charge in [0, 0.05) is 31.2 Å². The summed E-state index contributed by atoms with van der Waals surface area (Å²) in [4.78, 5) is 120. The number of aromatic amines is 1. The molecule has 0 saturated carbocycles. The number of hydrogen-bond donors (Lipinski definition) is 14. The lowest BCUT2D eigenvalue weighted by atomic mass is 10.0. The molecule has 1 heterocycles. The number of hydrogen-bond acceptors (Lipinski definition) is 14. The van der Waals surface area contributed by atoms with Crippen molar-refractivity contribution >= 4 is 53.3 Å². The maximum Gasteiger partial charge on any atom is 0.326 e. The molecule has 0 aromatic carbocycles. The van der Waals surface area contributed by atoms with Crippen molar-refractivity contribution in [3.8, 4) is 0 Å². The third-order valence-electron chi connectivity index (χ3n) is 8.46. The molecule has 0 saturated heterocycles. The predicted octanol–water partition coefficient (Wildman–Crippen LogP) is -5.44. The minimum atomic E-state index is -1.74. The number of amides is 7. The molecule has 24 nitrogen and oxygen atoms in total. The minimum Gasteiger partial charge on any atom is -0.481 e. The molecule has 0 aliphatic rings. The summed E-state index contributed by atoms with van der Waals surface area (Å²) in [5, 5.41) is 52.5. The molecule has 0 spiro atoms. The van der Waals surface area contributed by atoms with E-state index in [-0.39, 0.29) is 51.0 Å². The molecule has 17 N–H and O–H groups in total. The number of nitrogens with two attached hydrogens (primary N) is 3. The van der Waals surface area contributed by atoms with Crippen molar-refractivity contribution in [3.63, 3.8) is 0 Å². The van der Waals surface area contributed by atoms with Gasteiger partial charge in [-0.25, -0.2) is 9.78 Å². The standard InChI is InChI=1S/C34H57N11O13/c1-17(2)11-22(30(53)41-21(34(57)58)7-8-26(37)48)43-29(52)20(5-3-4-10-35)40-32(55)24(14-46)45-33(56)25(15-47)44-31(54)23(12-18-13-38-16-39-18)42-28(51)19(36)6-9-27(49)50/h13,16-17,19-25,46-47H,3-12,14-15,35-36H2,1-2H3,(H2,37,48)(H,38,39)(H,40,55)(H,41,53)(H,42,51)(H,43,52)(H,44,54)(H,45,56)(H,49,50)(H,57,58)/t19-,20-,21-,22-,23-,24-,25-/m0/s1. The number of unbranched alkanes of at least 4 members (excludes halogenated alkanes) is 1. The minimum absolute atomic E-state index is 0.0218. The van der Waals surface area contributed by atoms with Crippen LogP contribution in [-0.2, 0) is 49.6 Å². The fraction of sp³-hybridized carbons (Fsp3) is 0.647. The molecule has 0 unspecified atom stereocenters. The fourth-order valence-corrected chi connectivity index (χ4v) is 5.27. The van der Waals surface area contributed by atoms with Crippen molar-refractivity contribution in [1.82, 2.24) is 41.9 Å². The van der Waals surface area contributed by atoms with E-state index in [4.69, 9.17) is 22.3 Å². The topological polar surface area (TPSA) is 413 Å². The number of aliphatic hydroxyl groups excluding tert-OH is 2. The second kappa shape index (κ2) is 26.2. The lowest BCUT2D eigenvalue weighted by molar-refractivity contribution is -0.143. The first-order valence-corrected chi connectivity index (χ1v) is 18.5. The number of rotatable bonds is 29. The Morgan fingerprint density at radius 1 is 0.672 bits per heavy atom. The fourth-order valence-electron chi connectivity index (χ4n) is 5.27. The van der Waals surface area contributed by atoms with Gasteiger partial charge in [0.15, 0.2) is 0 Å². The number of carbonyl (C=O) groups excluding carboxylic acids is 7. The Hall–Kier alpha value is -5.72. The van der Waals surface area contributed by atoms with Crippen LogP contribution in [0.5, 0.6) is 0 Å². The Labute approximate surface area is 333 Å². The summed E-state index contributed by atoms with van der Waals surface area (Å²) in [6.07, 6.45) is 1.88. The van der Waals surface area contributed by atoms with Crippen molar-refractivity contribution < 1.29 is 63.6 Å². The van der Waals surface area contributed by atoms with Gasteiger partial charge in [-0.1, -0.05) is 13.8 Å². The number of nitrogens with one attached hydrogen (secondary N) is 7. The molecular weight excluding hydrogens is 770 g/mol. The zero-order valence-corrected chi connectivity index (χ0v) is 32.4. The SMILES string of the molecule is CC(C)C[C@H](NC(=O)[C@H](CCCCN)NC(=O)[C@H](CO)NC(=O)[C@H](CO)NC(=O)[C@H](Cc1cnc[nH]1)NC(=O)[C@@H](N)CCC(=O)O)C(=O)N[C@@H](CCC(N)=O)C(=O)O. The highest BCUT2D eigenvalue weighted by molar-refractivity contribution is 5.97. The number of aliphatic carboxylic acids is 2. The molecule has 24 heteroatoms. The molecule has 0 aliphatic heterocycles. The van der Waals surface area contributed by atoms with Crippen LogP contribution in [-0.4, -0.2) is 146 Å². The van der Waals surface area contributed by atoms with Gasteiger partial charge >= 0.3 is 11.9 Å². The van der Waals surface area contributed by atoms with Gasteiger partial charge in [0.1, 0.15) is 36.3 Å². The van der Waals surface area contributed by atoms with Gasteiger partial charge in [0.2, 0.25) is 41.4 Å². The number of primary amides is 1. The highest BCUT2D eigenvalue weighted by Gasteiger charge is 2.34. The van der Waals surface area contributed by atoms with Crippen LogP contribution in [0, 0.1) is 5.92 Å². The largest absolute Gasteiger partial charge is 0.481 e. The van der Waals surface area contributed by atoms with Crippen molar-refractivity contribution in [3.05, 3.63) is 18.2 Å². The Kier molecular flexibility index (Phi) is 22.8. The highest BCUT2D eigenvalue weighted by atomic mass is 16.4. The molecule has 326 valence electrons. The number of carboxylic acid groups (broad SMARTS) is 2. The normalized spacial score (nSPS) is 14.7. The van der Waals surface area contributed by atoms with Gasteiger partial charge in [-0.15, -0.1) is 0 Å². The maximum atomic E-state index is 13.6. The number of carboxylic acids is 2. The summed E-state index contributed by atoms with van der Waals surface area (Å²) < 4.78 is 0. The van der Waals surface area contributed by atoms with Gasteiger partial charge in [-0.3, -0.25) is 38.4 Å². The smallest absolute Gasteiger partial charge is 0.326 e. The van der Waals surface area contributed by atoms with Gasteiger partial charge in [-0.2, -0.15) is 0 Å². The van der Waals surface area contributed by atoms with E-state index in [1.807, 2.05) is 0 Å². The van der Waals surface area contributed by atoms with Gasteiger partial charge in [0.25, 0.3) is 0 Å². The van der Waals surface area contributed by atoms with Crippen LogP contribution in [0.1, 0.15) is 70.9 Å². The van der Waals surface area contributed by atoms with Gasteiger partial charge in [-0.05, 0) is 51.0 Å². The summed E-state index contributed by atoms with van der Waals surface area (Å²) in [6, 6.07) is -10.4. The molecule has 7 amide bonds. The number of H-pyrrole nitrogens is 1. The molecular formula is C34H57N11O13. The van der Waals surface area contributed by atoms with E-state index in [0.717, 1.165) is 0 Å². The van der Waals surface area contributed by atoms with Gasteiger partial charge < -0.3 is 74.5 Å². The van der Waals surface area contributed by atoms with Crippen LogP contribution in [0.3, 0.4) is 0 Å². The van der Waals surface area contributed by atoms with Crippen LogP contribution >= 0.6 is 0 Å². The number of carbonyl (C=O) groups is 9. The van der Waals surface area contributed by atoms with E-state index >= 15 is 0 Å². The molecule has 58 heavy (non-hydrogen) atoms. The molecule has 1 aromatic heterocycles. The molecule has 0 fully saturated rings. The second-order valence-corrected chi connectivity index (χ2v) is 13.8. The number of aliphatic hydroxyl groups is 2. The molecule has 0 bridgehead atoms. The number of imidazole rings is 1. The van der Waals surface area contributed by atoms with Crippen molar-refractivity contribution in [2.45, 2.75) is 114 Å². The van der Waals surface area contributed by atoms with E-state index in [9.17, 15) is 58.5 Å². The van der Waals surface area contributed by atoms with Crippen molar-refractivity contribution in [2.24, 2.45) is 23.1 Å². The molecule has 0 radical (unpaired) electrons. The first kappa shape index (κ1) is 50.3. The highest BCUT2D eigenvalue weighted by Crippen LogP contribution is 2.10. The average Bonchev–Trinajstić information content (AvgIpc) is 3.68. The monoisotopic (exact) mass is 827 g/mol. The Morgan fingerprint density at radius 3 is 1.66 bits per heavy atom. The van der Waals surface area contributed by atoms with E-state index in [1.54, 1.807) is 13.8 Å². The second-order valence-electron chi connectivity index (χ2n) is 13.8. The summed E-state index contributed by atoms with van der Waals surface area (Å²) >= 11 is 0. The summed E-state index contributed by atoms with van der Waals surface area (Å²) in [7, 11) is 0. The third-order valence-corrected chi connectivity index (χ3v) is 8.46. The number of nitrogens with zero attached hydrogens (tertiary/aromatic N) is 1. The zero-order chi connectivity index (χ0) is 43.9. The third kappa shape index (κ3) is 18.9. The molecule has 1 rings (SSSR count). The van der Waals surface area contributed by atoms with Crippen LogP contribution in [0.2, 0.25) is 0 Å². The summed E-state index contributed by atoms with van der Waals surface area (Å²) in [5.41, 5.74) is 16.8. The molecule has 7 atom stereocenters. The average molecular weight is 828 g/mol. The quantitative estimate of drug-likeness (QED) is 0.0335. The first-order valence-electron chi connectivity index (χ1n) is 18.5. The summed E-state index contributed by atoms with van der Waals surface area (Å²) in [6.45, 7) is 1.67. The Morgan fingerprint density at radius 2 is 1.17 bits per heavy atom. The van der Waals surface area contributed by atoms with Crippen LogP contribution < -0.4 is 49.1 Å². The predicted molar refractivity (Wildman–Crippen MR) is 201 cm³/mol. The van der Waals surface area contributed by atoms with E-state index in [1.165, 1.54) is 12.5 Å².